The highest BCUT2D eigenvalue weighted by Gasteiger charge is 2.55. The van der Waals surface area contributed by atoms with Crippen molar-refractivity contribution in [3.8, 4) is 0 Å². The van der Waals surface area contributed by atoms with E-state index in [2.05, 4.69) is 0 Å². The van der Waals surface area contributed by atoms with Crippen molar-refractivity contribution in [3.05, 3.63) is 0 Å². The second-order valence-electron chi connectivity index (χ2n) is 5.59. The lowest BCUT2D eigenvalue weighted by Gasteiger charge is -2.45. The SMILES string of the molecule is NC1[C@H]2CC[C@H](C2)C12CCCCC2. The van der Waals surface area contributed by atoms with E-state index in [9.17, 15) is 0 Å². The molecule has 0 saturated heterocycles. The van der Waals surface area contributed by atoms with E-state index in [1.54, 1.807) is 0 Å². The minimum atomic E-state index is 0.576. The van der Waals surface area contributed by atoms with Crippen LogP contribution in [0, 0.1) is 17.3 Å². The molecule has 0 aromatic heterocycles. The molecule has 2 N–H and O–H groups in total. The Morgan fingerprint density at radius 3 is 2.38 bits per heavy atom. The molecule has 0 aromatic carbocycles. The molecule has 3 aliphatic rings. The van der Waals surface area contributed by atoms with Gasteiger partial charge in [-0.2, -0.15) is 0 Å². The van der Waals surface area contributed by atoms with E-state index in [1.165, 1.54) is 51.4 Å². The van der Waals surface area contributed by atoms with Crippen LogP contribution in [0.3, 0.4) is 0 Å². The van der Waals surface area contributed by atoms with Crippen LogP contribution in [-0.4, -0.2) is 6.04 Å². The van der Waals surface area contributed by atoms with Crippen molar-refractivity contribution in [1.82, 2.24) is 0 Å². The standard InChI is InChI=1S/C12H21N/c13-11-9-4-5-10(8-9)12(11)6-2-1-3-7-12/h9-11H,1-8,13H2/t9-,10+,11?/m0/s1. The molecule has 0 aromatic rings. The van der Waals surface area contributed by atoms with Gasteiger partial charge in [-0.1, -0.05) is 19.3 Å². The van der Waals surface area contributed by atoms with Crippen LogP contribution in [0.2, 0.25) is 0 Å². The number of fused-ring (bicyclic) bond motifs is 3. The maximum atomic E-state index is 6.43. The maximum absolute atomic E-state index is 6.43. The van der Waals surface area contributed by atoms with Crippen LogP contribution in [0.25, 0.3) is 0 Å². The predicted octanol–water partition coefficient (Wildman–Crippen LogP) is 2.69. The van der Waals surface area contributed by atoms with Crippen molar-refractivity contribution in [2.24, 2.45) is 23.0 Å². The van der Waals surface area contributed by atoms with E-state index in [0.717, 1.165) is 11.8 Å². The molecule has 0 amide bonds. The Morgan fingerprint density at radius 1 is 1.00 bits per heavy atom. The van der Waals surface area contributed by atoms with Gasteiger partial charge in [-0.3, -0.25) is 0 Å². The molecule has 3 atom stereocenters. The number of rotatable bonds is 0. The Morgan fingerprint density at radius 2 is 1.77 bits per heavy atom. The first-order chi connectivity index (χ1) is 6.33. The molecule has 74 valence electrons. The van der Waals surface area contributed by atoms with Crippen LogP contribution in [-0.2, 0) is 0 Å². The van der Waals surface area contributed by atoms with E-state index in [4.69, 9.17) is 5.73 Å². The smallest absolute Gasteiger partial charge is 0.0127 e. The second kappa shape index (κ2) is 2.73. The first kappa shape index (κ1) is 8.28. The quantitative estimate of drug-likeness (QED) is 0.608. The summed E-state index contributed by atoms with van der Waals surface area (Å²) in [4.78, 5) is 0. The fourth-order valence-corrected chi connectivity index (χ4v) is 4.56. The van der Waals surface area contributed by atoms with Crippen molar-refractivity contribution in [1.29, 1.82) is 0 Å². The van der Waals surface area contributed by atoms with Crippen LogP contribution in [0.15, 0.2) is 0 Å². The fourth-order valence-electron chi connectivity index (χ4n) is 4.56. The van der Waals surface area contributed by atoms with Gasteiger partial charge in [-0.05, 0) is 49.4 Å². The van der Waals surface area contributed by atoms with Crippen LogP contribution in [0.5, 0.6) is 0 Å². The normalized spacial score (nSPS) is 47.3. The van der Waals surface area contributed by atoms with E-state index in [1.807, 2.05) is 0 Å². The van der Waals surface area contributed by atoms with Gasteiger partial charge in [0.2, 0.25) is 0 Å². The largest absolute Gasteiger partial charge is 0.327 e. The molecule has 1 nitrogen and oxygen atoms in total. The molecule has 3 saturated carbocycles. The van der Waals surface area contributed by atoms with Crippen molar-refractivity contribution < 1.29 is 0 Å². The van der Waals surface area contributed by atoms with Crippen LogP contribution in [0.4, 0.5) is 0 Å². The Kier molecular flexibility index (Phi) is 1.74. The average Bonchev–Trinajstić information content (AvgIpc) is 2.73. The van der Waals surface area contributed by atoms with Crippen molar-refractivity contribution in [2.75, 3.05) is 0 Å². The topological polar surface area (TPSA) is 26.0 Å². The minimum absolute atomic E-state index is 0.576. The molecule has 0 aliphatic heterocycles. The lowest BCUT2D eigenvalue weighted by molar-refractivity contribution is 0.0779. The molecular weight excluding hydrogens is 158 g/mol. The highest BCUT2D eigenvalue weighted by atomic mass is 14.8. The molecule has 1 heteroatoms. The van der Waals surface area contributed by atoms with Gasteiger partial charge >= 0.3 is 0 Å². The van der Waals surface area contributed by atoms with Gasteiger partial charge in [-0.25, -0.2) is 0 Å². The first-order valence-corrected chi connectivity index (χ1v) is 6.08. The third-order valence-corrected chi connectivity index (χ3v) is 5.24. The van der Waals surface area contributed by atoms with Gasteiger partial charge < -0.3 is 5.73 Å². The van der Waals surface area contributed by atoms with E-state index < -0.39 is 0 Å². The molecule has 2 bridgehead atoms. The lowest BCUT2D eigenvalue weighted by Crippen LogP contribution is -2.47. The molecule has 1 unspecified atom stereocenters. The maximum Gasteiger partial charge on any atom is 0.0127 e. The third-order valence-electron chi connectivity index (χ3n) is 5.24. The van der Waals surface area contributed by atoms with Gasteiger partial charge in [0.1, 0.15) is 0 Å². The van der Waals surface area contributed by atoms with E-state index in [-0.39, 0.29) is 0 Å². The summed E-state index contributed by atoms with van der Waals surface area (Å²) in [6.07, 6.45) is 11.7. The molecule has 0 radical (unpaired) electrons. The molecular formula is C12H21N. The fraction of sp³-hybridized carbons (Fsp3) is 1.00. The Balaban J connectivity index is 1.88. The summed E-state index contributed by atoms with van der Waals surface area (Å²) in [5, 5.41) is 0. The summed E-state index contributed by atoms with van der Waals surface area (Å²) in [6, 6.07) is 0.576. The Bertz CT molecular complexity index is 201. The number of hydrogen-bond donors (Lipinski definition) is 1. The highest BCUT2D eigenvalue weighted by Crippen LogP contribution is 2.60. The molecule has 3 aliphatic carbocycles. The molecule has 3 fully saturated rings. The average molecular weight is 179 g/mol. The Hall–Kier alpha value is -0.0400. The first-order valence-electron chi connectivity index (χ1n) is 6.08. The Labute approximate surface area is 81.1 Å². The van der Waals surface area contributed by atoms with E-state index >= 15 is 0 Å². The predicted molar refractivity (Wildman–Crippen MR) is 54.3 cm³/mol. The number of nitrogens with two attached hydrogens (primary N) is 1. The zero-order chi connectivity index (χ0) is 8.89. The van der Waals surface area contributed by atoms with Crippen molar-refractivity contribution in [2.45, 2.75) is 57.4 Å². The highest BCUT2D eigenvalue weighted by molar-refractivity contribution is 5.09. The zero-order valence-corrected chi connectivity index (χ0v) is 8.47. The monoisotopic (exact) mass is 179 g/mol. The summed E-state index contributed by atoms with van der Waals surface area (Å²) in [6.45, 7) is 0. The zero-order valence-electron chi connectivity index (χ0n) is 8.47. The summed E-state index contributed by atoms with van der Waals surface area (Å²) in [5.41, 5.74) is 7.06. The van der Waals surface area contributed by atoms with Crippen LogP contribution < -0.4 is 5.73 Å². The van der Waals surface area contributed by atoms with Gasteiger partial charge in [0.05, 0.1) is 0 Å². The minimum Gasteiger partial charge on any atom is -0.327 e. The van der Waals surface area contributed by atoms with Gasteiger partial charge in [0.15, 0.2) is 0 Å². The van der Waals surface area contributed by atoms with Crippen LogP contribution in [0.1, 0.15) is 51.4 Å². The van der Waals surface area contributed by atoms with Crippen LogP contribution >= 0.6 is 0 Å². The van der Waals surface area contributed by atoms with Gasteiger partial charge in [0.25, 0.3) is 0 Å². The van der Waals surface area contributed by atoms with Gasteiger partial charge in [-0.15, -0.1) is 0 Å². The lowest BCUT2D eigenvalue weighted by atomic mass is 9.62. The van der Waals surface area contributed by atoms with Crippen molar-refractivity contribution >= 4 is 0 Å². The molecule has 1 spiro atoms. The van der Waals surface area contributed by atoms with E-state index in [0.29, 0.717) is 11.5 Å². The second-order valence-corrected chi connectivity index (χ2v) is 5.59. The summed E-state index contributed by atoms with van der Waals surface area (Å²) >= 11 is 0. The summed E-state index contributed by atoms with van der Waals surface area (Å²) < 4.78 is 0. The summed E-state index contributed by atoms with van der Waals surface area (Å²) in [7, 11) is 0. The van der Waals surface area contributed by atoms with Gasteiger partial charge in [0, 0.05) is 6.04 Å². The summed E-state index contributed by atoms with van der Waals surface area (Å²) in [5.74, 6) is 1.93. The van der Waals surface area contributed by atoms with Crippen molar-refractivity contribution in [3.63, 3.8) is 0 Å². The third kappa shape index (κ3) is 0.971. The molecule has 0 heterocycles. The number of hydrogen-bond acceptors (Lipinski definition) is 1. The molecule has 13 heavy (non-hydrogen) atoms. The molecule has 3 rings (SSSR count).